The quantitative estimate of drug-likeness (QED) is 0.154. The molecule has 0 radical (unpaired) electrons. The van der Waals surface area contributed by atoms with E-state index in [1.165, 1.54) is 24.5 Å². The number of ether oxygens (including phenoxy) is 2. The molecular formula is C50H32N6O2. The van der Waals surface area contributed by atoms with Gasteiger partial charge < -0.3 is 9.47 Å². The van der Waals surface area contributed by atoms with Gasteiger partial charge in [0.2, 0.25) is 0 Å². The highest BCUT2D eigenvalue weighted by atomic mass is 16.5. The van der Waals surface area contributed by atoms with Crippen LogP contribution in [0.4, 0.5) is 0 Å². The van der Waals surface area contributed by atoms with Crippen molar-refractivity contribution in [1.29, 1.82) is 0 Å². The van der Waals surface area contributed by atoms with Gasteiger partial charge in [0, 0.05) is 57.2 Å². The molecule has 0 bridgehead atoms. The summed E-state index contributed by atoms with van der Waals surface area (Å²) in [5.74, 6) is 3.37. The molecule has 0 fully saturated rings. The topological polar surface area (TPSA) is 79.9 Å². The first kappa shape index (κ1) is 29.2. The Morgan fingerprint density at radius 1 is 0.397 bits per heavy atom. The van der Waals surface area contributed by atoms with Crippen LogP contribution in [0, 0.1) is 0 Å². The average molecular weight is 753 g/mol. The molecule has 274 valence electrons. The third-order valence-corrected chi connectivity index (χ3v) is 10.2. The molecule has 0 amide bonds. The minimum Gasteiger partial charge on any atom is -0.457 e. The van der Waals surface area contributed by atoms with Crippen LogP contribution in [-0.4, -0.2) is 29.1 Å². The van der Waals surface area contributed by atoms with Crippen LogP contribution in [0.15, 0.2) is 195 Å². The van der Waals surface area contributed by atoms with Gasteiger partial charge in [-0.3, -0.25) is 19.1 Å². The number of hydrogen-bond acceptors (Lipinski definition) is 6. The molecule has 0 unspecified atom stereocenters. The van der Waals surface area contributed by atoms with E-state index in [2.05, 4.69) is 22.1 Å². The molecule has 0 aliphatic carbocycles. The van der Waals surface area contributed by atoms with Crippen LogP contribution in [0.5, 0.6) is 23.0 Å². The normalized spacial score (nSPS) is 12.4. The zero-order valence-electron chi connectivity index (χ0n) is 34.7. The zero-order valence-corrected chi connectivity index (χ0v) is 30.7. The SMILES string of the molecule is [2H]c1cnc(-n2c3ccccc3c3ccc(Oc4cccc(-c5cnc(-c6cccc(Oc7ccc8c9ccccc9n(-c9ncc([2H])cc9[2H])c8c7)c6)cn5)c4)cc32)c([2H])c1. The van der Waals surface area contributed by atoms with E-state index in [9.17, 15) is 0 Å². The molecule has 8 heteroatoms. The van der Waals surface area contributed by atoms with Gasteiger partial charge in [-0.05, 0) is 84.8 Å². The van der Waals surface area contributed by atoms with Gasteiger partial charge in [0.15, 0.2) is 0 Å². The minimum absolute atomic E-state index is 0.165. The summed E-state index contributed by atoms with van der Waals surface area (Å²) < 4.78 is 49.8. The van der Waals surface area contributed by atoms with E-state index < -0.39 is 0 Å². The van der Waals surface area contributed by atoms with Crippen molar-refractivity contribution in [3.8, 4) is 57.1 Å². The number of benzene rings is 6. The Morgan fingerprint density at radius 3 is 1.31 bits per heavy atom. The largest absolute Gasteiger partial charge is 0.457 e. The van der Waals surface area contributed by atoms with Crippen molar-refractivity contribution < 1.29 is 15.0 Å². The first-order valence-electron chi connectivity index (χ1n) is 20.7. The summed E-state index contributed by atoms with van der Waals surface area (Å²) in [6, 6.07) is 46.9. The molecule has 0 aliphatic rings. The van der Waals surface area contributed by atoms with Gasteiger partial charge in [-0.15, -0.1) is 0 Å². The maximum absolute atomic E-state index is 8.60. The molecule has 11 rings (SSSR count). The predicted octanol–water partition coefficient (Wildman–Crippen LogP) is 12.4. The Hall–Kier alpha value is -8.10. The summed E-state index contributed by atoms with van der Waals surface area (Å²) in [6.45, 7) is 0. The lowest BCUT2D eigenvalue weighted by atomic mass is 10.1. The number of aromatic nitrogens is 6. The van der Waals surface area contributed by atoms with Crippen molar-refractivity contribution in [2.45, 2.75) is 0 Å². The number of fused-ring (bicyclic) bond motifs is 6. The molecule has 5 aromatic heterocycles. The van der Waals surface area contributed by atoms with Gasteiger partial charge in [0.1, 0.15) is 34.6 Å². The molecular weight excluding hydrogens is 717 g/mol. The van der Waals surface area contributed by atoms with Gasteiger partial charge in [0.25, 0.3) is 0 Å². The predicted molar refractivity (Wildman–Crippen MR) is 230 cm³/mol. The van der Waals surface area contributed by atoms with Crippen molar-refractivity contribution in [3.05, 3.63) is 195 Å². The highest BCUT2D eigenvalue weighted by molar-refractivity contribution is 6.10. The van der Waals surface area contributed by atoms with E-state index in [4.69, 9.17) is 24.9 Å². The number of nitrogens with zero attached hydrogens (tertiary/aromatic N) is 6. The molecule has 5 heterocycles. The Morgan fingerprint density at radius 2 is 0.845 bits per heavy atom. The van der Waals surface area contributed by atoms with E-state index in [1.807, 2.05) is 130 Å². The highest BCUT2D eigenvalue weighted by Crippen LogP contribution is 2.37. The second kappa shape index (κ2) is 13.9. The lowest BCUT2D eigenvalue weighted by Gasteiger charge is -2.11. The first-order chi connectivity index (χ1) is 30.3. The second-order valence-corrected chi connectivity index (χ2v) is 13.7. The van der Waals surface area contributed by atoms with Crippen molar-refractivity contribution in [3.63, 3.8) is 0 Å². The van der Waals surface area contributed by atoms with Crippen LogP contribution in [0.2, 0.25) is 0 Å². The van der Waals surface area contributed by atoms with Gasteiger partial charge in [0.05, 0.1) is 51.3 Å². The van der Waals surface area contributed by atoms with Crippen molar-refractivity contribution in [2.75, 3.05) is 0 Å². The summed E-state index contributed by atoms with van der Waals surface area (Å²) in [6.07, 6.45) is 6.41. The van der Waals surface area contributed by atoms with E-state index >= 15 is 0 Å². The fourth-order valence-electron chi connectivity index (χ4n) is 7.62. The Balaban J connectivity index is 0.854. The van der Waals surface area contributed by atoms with Gasteiger partial charge in [-0.2, -0.15) is 0 Å². The van der Waals surface area contributed by atoms with Crippen molar-refractivity contribution in [1.82, 2.24) is 29.1 Å². The van der Waals surface area contributed by atoms with Gasteiger partial charge in [-0.1, -0.05) is 72.8 Å². The Kier molecular flexibility index (Phi) is 6.99. The molecule has 0 saturated carbocycles. The Bertz CT molecular complexity index is 3320. The first-order valence-corrected chi connectivity index (χ1v) is 18.7. The molecule has 6 aromatic carbocycles. The zero-order chi connectivity index (χ0) is 41.9. The molecule has 58 heavy (non-hydrogen) atoms. The lowest BCUT2D eigenvalue weighted by molar-refractivity contribution is 0.483. The van der Waals surface area contributed by atoms with Crippen LogP contribution in [0.3, 0.4) is 0 Å². The van der Waals surface area contributed by atoms with Crippen LogP contribution < -0.4 is 9.47 Å². The van der Waals surface area contributed by atoms with E-state index in [1.54, 1.807) is 12.4 Å². The molecule has 0 saturated heterocycles. The maximum Gasteiger partial charge on any atom is 0.137 e. The number of pyridine rings is 2. The summed E-state index contributed by atoms with van der Waals surface area (Å²) in [7, 11) is 0. The Labute approximate surface area is 338 Å². The van der Waals surface area contributed by atoms with Gasteiger partial charge in [-0.25, -0.2) is 9.97 Å². The van der Waals surface area contributed by atoms with Crippen molar-refractivity contribution in [2.24, 2.45) is 0 Å². The van der Waals surface area contributed by atoms with E-state index in [0.717, 1.165) is 54.7 Å². The lowest BCUT2D eigenvalue weighted by Crippen LogP contribution is -1.96. The average Bonchev–Trinajstić information content (AvgIpc) is 3.79. The number of hydrogen-bond donors (Lipinski definition) is 0. The number of rotatable bonds is 8. The molecule has 0 spiro atoms. The maximum atomic E-state index is 8.60. The standard InChI is InChI=1S/C50H32N6O2/c1-3-17-45-39(15-1)41-23-21-37(29-47(41)55(45)49-19-5-7-25-51-49)57-35-13-9-11-33(27-35)43-31-54-44(32-53-43)34-12-10-14-36(28-34)58-38-22-24-42-40-16-2-4-18-46(40)56(48(42)30-38)50-20-6-8-26-52-50/h1-32H/i7D,8D,19D,20D. The fourth-order valence-corrected chi connectivity index (χ4v) is 7.62. The number of para-hydroxylation sites is 2. The van der Waals surface area contributed by atoms with E-state index in [0.29, 0.717) is 46.0 Å². The molecule has 8 nitrogen and oxygen atoms in total. The van der Waals surface area contributed by atoms with Crippen LogP contribution in [0.25, 0.3) is 77.8 Å². The van der Waals surface area contributed by atoms with Gasteiger partial charge >= 0.3 is 0 Å². The molecule has 0 atom stereocenters. The third-order valence-electron chi connectivity index (χ3n) is 10.2. The van der Waals surface area contributed by atoms with E-state index in [-0.39, 0.29) is 24.2 Å². The molecule has 11 aromatic rings. The fraction of sp³-hybridized carbons (Fsp3) is 0. The van der Waals surface area contributed by atoms with Crippen molar-refractivity contribution >= 4 is 43.6 Å². The van der Waals surface area contributed by atoms with Crippen LogP contribution >= 0.6 is 0 Å². The van der Waals surface area contributed by atoms with Crippen LogP contribution in [-0.2, 0) is 0 Å². The smallest absolute Gasteiger partial charge is 0.137 e. The third kappa shape index (κ3) is 5.88. The molecule has 0 N–H and O–H groups in total. The minimum atomic E-state index is 0.165. The summed E-state index contributed by atoms with van der Waals surface area (Å²) in [5, 5.41) is 4.06. The summed E-state index contributed by atoms with van der Waals surface area (Å²) in [5.41, 5.74) is 6.54. The highest BCUT2D eigenvalue weighted by Gasteiger charge is 2.16. The summed E-state index contributed by atoms with van der Waals surface area (Å²) >= 11 is 0. The summed E-state index contributed by atoms with van der Waals surface area (Å²) in [4.78, 5) is 18.5. The molecule has 0 aliphatic heterocycles. The monoisotopic (exact) mass is 752 g/mol. The van der Waals surface area contributed by atoms with Crippen LogP contribution in [0.1, 0.15) is 5.48 Å². The second-order valence-electron chi connectivity index (χ2n) is 13.7.